The van der Waals surface area contributed by atoms with Crippen LogP contribution in [0.1, 0.15) is 35.8 Å². The van der Waals surface area contributed by atoms with Gasteiger partial charge in [-0.3, -0.25) is 19.2 Å². The normalized spacial score (nSPS) is 26.3. The number of aromatic nitrogens is 2. The molecule has 2 aromatic rings. The Hall–Kier alpha value is -2.67. The average Bonchev–Trinajstić information content (AvgIpc) is 3.41. The second-order valence-corrected chi connectivity index (χ2v) is 8.25. The Bertz CT molecular complexity index is 880. The Morgan fingerprint density at radius 3 is 2.72 bits per heavy atom. The number of rotatable bonds is 6. The van der Waals surface area contributed by atoms with E-state index in [1.807, 2.05) is 31.3 Å². The SMILES string of the molecule is CCn1ccc(C(=O)N[C@H]2C[C@H]3CN(Cc4ccccc4)C[C@@]3(C(=O)NC)C2)n1. The molecule has 1 aromatic carbocycles. The van der Waals surface area contributed by atoms with Crippen LogP contribution in [0.3, 0.4) is 0 Å². The summed E-state index contributed by atoms with van der Waals surface area (Å²) >= 11 is 0. The molecule has 7 nitrogen and oxygen atoms in total. The third-order valence-electron chi connectivity index (χ3n) is 6.41. The zero-order chi connectivity index (χ0) is 20.4. The van der Waals surface area contributed by atoms with Crippen LogP contribution in [0.5, 0.6) is 0 Å². The second-order valence-electron chi connectivity index (χ2n) is 8.25. The summed E-state index contributed by atoms with van der Waals surface area (Å²) in [5.41, 5.74) is 1.25. The van der Waals surface area contributed by atoms with Crippen LogP contribution >= 0.6 is 0 Å². The maximum Gasteiger partial charge on any atom is 0.271 e. The van der Waals surface area contributed by atoms with Gasteiger partial charge in [0.2, 0.25) is 5.91 Å². The van der Waals surface area contributed by atoms with E-state index in [-0.39, 0.29) is 23.8 Å². The Kier molecular flexibility index (Phi) is 5.41. The molecule has 29 heavy (non-hydrogen) atoms. The van der Waals surface area contributed by atoms with Gasteiger partial charge in [-0.15, -0.1) is 0 Å². The second kappa shape index (κ2) is 7.99. The highest BCUT2D eigenvalue weighted by atomic mass is 16.2. The molecule has 3 atom stereocenters. The average molecular weight is 396 g/mol. The first kappa shape index (κ1) is 19.6. The number of aryl methyl sites for hydroxylation is 1. The van der Waals surface area contributed by atoms with E-state index in [0.29, 0.717) is 12.1 Å². The zero-order valence-electron chi connectivity index (χ0n) is 17.1. The van der Waals surface area contributed by atoms with Crippen LogP contribution in [0.4, 0.5) is 0 Å². The number of amides is 2. The van der Waals surface area contributed by atoms with E-state index in [2.05, 4.69) is 32.8 Å². The molecule has 0 bridgehead atoms. The molecule has 2 aliphatic rings. The molecule has 2 fully saturated rings. The maximum atomic E-state index is 12.9. The fourth-order valence-electron chi connectivity index (χ4n) is 5.07. The van der Waals surface area contributed by atoms with Gasteiger partial charge in [0.05, 0.1) is 5.41 Å². The number of fused-ring (bicyclic) bond motifs is 1. The predicted molar refractivity (Wildman–Crippen MR) is 110 cm³/mol. The summed E-state index contributed by atoms with van der Waals surface area (Å²) in [5, 5.41) is 10.3. The van der Waals surface area contributed by atoms with Crippen molar-refractivity contribution in [3.63, 3.8) is 0 Å². The van der Waals surface area contributed by atoms with Crippen molar-refractivity contribution < 1.29 is 9.59 Å². The lowest BCUT2D eigenvalue weighted by Crippen LogP contribution is -2.44. The monoisotopic (exact) mass is 395 g/mol. The van der Waals surface area contributed by atoms with Gasteiger partial charge in [-0.25, -0.2) is 0 Å². The molecule has 154 valence electrons. The van der Waals surface area contributed by atoms with E-state index in [0.717, 1.165) is 32.6 Å². The number of hydrogen-bond acceptors (Lipinski definition) is 4. The smallest absolute Gasteiger partial charge is 0.271 e. The molecule has 0 spiro atoms. The molecule has 1 aliphatic carbocycles. The van der Waals surface area contributed by atoms with Crippen LogP contribution in [0.25, 0.3) is 0 Å². The largest absolute Gasteiger partial charge is 0.359 e. The van der Waals surface area contributed by atoms with Gasteiger partial charge < -0.3 is 10.6 Å². The first-order valence-corrected chi connectivity index (χ1v) is 10.4. The van der Waals surface area contributed by atoms with Crippen LogP contribution in [0, 0.1) is 11.3 Å². The summed E-state index contributed by atoms with van der Waals surface area (Å²) in [7, 11) is 1.71. The van der Waals surface area contributed by atoms with Gasteiger partial charge in [-0.05, 0) is 37.3 Å². The molecule has 0 radical (unpaired) electrons. The molecule has 7 heteroatoms. The van der Waals surface area contributed by atoms with E-state index in [1.54, 1.807) is 17.8 Å². The first-order valence-electron chi connectivity index (χ1n) is 10.4. The van der Waals surface area contributed by atoms with E-state index < -0.39 is 5.41 Å². The van der Waals surface area contributed by atoms with Crippen molar-refractivity contribution in [3.8, 4) is 0 Å². The van der Waals surface area contributed by atoms with Crippen molar-refractivity contribution in [2.45, 2.75) is 38.9 Å². The van der Waals surface area contributed by atoms with Gasteiger partial charge in [0, 0.05) is 45.5 Å². The zero-order valence-corrected chi connectivity index (χ0v) is 17.1. The number of benzene rings is 1. The Morgan fingerprint density at radius 1 is 1.24 bits per heavy atom. The molecule has 2 heterocycles. The summed E-state index contributed by atoms with van der Waals surface area (Å²) < 4.78 is 1.74. The fraction of sp³-hybridized carbons (Fsp3) is 0.500. The Labute approximate surface area is 171 Å². The highest BCUT2D eigenvalue weighted by molar-refractivity contribution is 5.92. The van der Waals surface area contributed by atoms with E-state index in [9.17, 15) is 9.59 Å². The van der Waals surface area contributed by atoms with E-state index in [1.165, 1.54) is 5.56 Å². The number of hydrogen-bond donors (Lipinski definition) is 2. The van der Waals surface area contributed by atoms with Gasteiger partial charge in [-0.1, -0.05) is 30.3 Å². The molecule has 0 unspecified atom stereocenters. The minimum atomic E-state index is -0.440. The fourth-order valence-corrected chi connectivity index (χ4v) is 5.07. The third-order valence-corrected chi connectivity index (χ3v) is 6.41. The first-order chi connectivity index (χ1) is 14.0. The van der Waals surface area contributed by atoms with Crippen LogP contribution in [0.2, 0.25) is 0 Å². The highest BCUT2D eigenvalue weighted by Crippen LogP contribution is 2.49. The summed E-state index contributed by atoms with van der Waals surface area (Å²) in [4.78, 5) is 27.9. The lowest BCUT2D eigenvalue weighted by molar-refractivity contribution is -0.131. The Morgan fingerprint density at radius 2 is 2.03 bits per heavy atom. The lowest BCUT2D eigenvalue weighted by atomic mass is 9.80. The quantitative estimate of drug-likeness (QED) is 0.780. The van der Waals surface area contributed by atoms with Gasteiger partial charge in [0.1, 0.15) is 5.69 Å². The molecule has 1 saturated heterocycles. The summed E-state index contributed by atoms with van der Waals surface area (Å²) in [6.07, 6.45) is 3.30. The van der Waals surface area contributed by atoms with Gasteiger partial charge >= 0.3 is 0 Å². The molecule has 1 saturated carbocycles. The standard InChI is InChI=1S/C22H29N5O2/c1-3-27-10-9-19(25-27)20(28)24-18-11-17-14-26(13-16-7-5-4-6-8-16)15-22(17,12-18)21(29)23-2/h4-10,17-18H,3,11-15H2,1-2H3,(H,23,29)(H,24,28)/t17-,18-,22-/m0/s1. The van der Waals surface area contributed by atoms with Crippen molar-refractivity contribution in [2.24, 2.45) is 11.3 Å². The number of likely N-dealkylation sites (tertiary alicyclic amines) is 1. The number of nitrogens with zero attached hydrogens (tertiary/aromatic N) is 3. The molecule has 1 aromatic heterocycles. The predicted octanol–water partition coefficient (Wildman–Crippen LogP) is 1.66. The summed E-state index contributed by atoms with van der Waals surface area (Å²) in [5.74, 6) is 0.171. The van der Waals surface area contributed by atoms with Crippen molar-refractivity contribution in [1.82, 2.24) is 25.3 Å². The van der Waals surface area contributed by atoms with Crippen molar-refractivity contribution >= 4 is 11.8 Å². The number of carbonyl (C=O) groups is 2. The minimum absolute atomic E-state index is 0.00421. The molecular weight excluding hydrogens is 366 g/mol. The molecule has 4 rings (SSSR count). The van der Waals surface area contributed by atoms with Crippen LogP contribution in [0.15, 0.2) is 42.6 Å². The molecule has 2 amide bonds. The summed E-state index contributed by atoms with van der Waals surface area (Å²) in [6, 6.07) is 12.1. The Balaban J connectivity index is 1.44. The topological polar surface area (TPSA) is 79.3 Å². The van der Waals surface area contributed by atoms with E-state index in [4.69, 9.17) is 0 Å². The van der Waals surface area contributed by atoms with Gasteiger partial charge in [0.25, 0.3) is 5.91 Å². The molecule has 1 aliphatic heterocycles. The van der Waals surface area contributed by atoms with E-state index >= 15 is 0 Å². The van der Waals surface area contributed by atoms with Crippen LogP contribution in [-0.4, -0.2) is 52.7 Å². The molecular formula is C22H29N5O2. The number of carbonyl (C=O) groups excluding carboxylic acids is 2. The van der Waals surface area contributed by atoms with Gasteiger partial charge in [-0.2, -0.15) is 5.10 Å². The van der Waals surface area contributed by atoms with Crippen molar-refractivity contribution in [1.29, 1.82) is 0 Å². The van der Waals surface area contributed by atoms with Gasteiger partial charge in [0.15, 0.2) is 0 Å². The molecule has 2 N–H and O–H groups in total. The van der Waals surface area contributed by atoms with Crippen LogP contribution in [-0.2, 0) is 17.9 Å². The van der Waals surface area contributed by atoms with Crippen LogP contribution < -0.4 is 10.6 Å². The summed E-state index contributed by atoms with van der Waals surface area (Å²) in [6.45, 7) is 5.17. The lowest BCUT2D eigenvalue weighted by Gasteiger charge is -2.27. The van der Waals surface area contributed by atoms with Crippen molar-refractivity contribution in [3.05, 3.63) is 53.9 Å². The highest BCUT2D eigenvalue weighted by Gasteiger charge is 2.57. The van der Waals surface area contributed by atoms with Crippen molar-refractivity contribution in [2.75, 3.05) is 20.1 Å². The maximum absolute atomic E-state index is 12.9. The number of nitrogens with one attached hydrogen (secondary N) is 2. The minimum Gasteiger partial charge on any atom is -0.359 e. The third kappa shape index (κ3) is 3.79.